The molecule has 0 saturated heterocycles. The van der Waals surface area contributed by atoms with Crippen LogP contribution >= 0.6 is 0 Å². The summed E-state index contributed by atoms with van der Waals surface area (Å²) in [6.07, 6.45) is -3.24. The lowest BCUT2D eigenvalue weighted by molar-refractivity contribution is -0.139. The van der Waals surface area contributed by atoms with Gasteiger partial charge in [-0.15, -0.1) is 0 Å². The van der Waals surface area contributed by atoms with Crippen molar-refractivity contribution in [2.24, 2.45) is 5.73 Å². The maximum absolute atomic E-state index is 12.9. The molecule has 0 radical (unpaired) electrons. The Morgan fingerprint density at radius 2 is 1.90 bits per heavy atom. The molecule has 0 aliphatic rings. The average molecular weight is 290 g/mol. The number of methoxy groups -OCH3 is 1. The van der Waals surface area contributed by atoms with Gasteiger partial charge in [-0.05, 0) is 31.0 Å². The Hall–Kier alpha value is -1.76. The number of hydrogen-bond donors (Lipinski definition) is 2. The number of alkyl halides is 3. The van der Waals surface area contributed by atoms with E-state index in [1.165, 1.54) is 12.1 Å². The lowest BCUT2D eigenvalue weighted by Gasteiger charge is -2.15. The average Bonchev–Trinajstić information content (AvgIpc) is 2.37. The second kappa shape index (κ2) is 7.14. The molecule has 0 atom stereocenters. The number of ether oxygens (including phenoxy) is 2. The highest BCUT2D eigenvalue weighted by Crippen LogP contribution is 2.36. The number of amidine groups is 1. The molecule has 0 amide bonds. The third-order valence-corrected chi connectivity index (χ3v) is 2.60. The zero-order chi connectivity index (χ0) is 15.2. The van der Waals surface area contributed by atoms with E-state index in [9.17, 15) is 13.2 Å². The third kappa shape index (κ3) is 4.73. The van der Waals surface area contributed by atoms with Crippen LogP contribution in [0, 0.1) is 5.41 Å². The number of hydrogen-bond acceptors (Lipinski definition) is 3. The van der Waals surface area contributed by atoms with E-state index in [-0.39, 0.29) is 17.9 Å². The van der Waals surface area contributed by atoms with Crippen molar-refractivity contribution >= 4 is 5.84 Å². The summed E-state index contributed by atoms with van der Waals surface area (Å²) in [5.41, 5.74) is 4.29. The number of rotatable bonds is 7. The molecule has 0 unspecified atom stereocenters. The van der Waals surface area contributed by atoms with Crippen molar-refractivity contribution in [3.63, 3.8) is 0 Å². The van der Waals surface area contributed by atoms with Crippen LogP contribution < -0.4 is 10.5 Å². The van der Waals surface area contributed by atoms with Gasteiger partial charge in [0.2, 0.25) is 0 Å². The van der Waals surface area contributed by atoms with Gasteiger partial charge in [0.15, 0.2) is 0 Å². The molecule has 0 aliphatic heterocycles. The van der Waals surface area contributed by atoms with Crippen LogP contribution in [0.1, 0.15) is 24.0 Å². The first kappa shape index (κ1) is 16.3. The molecule has 7 heteroatoms. The second-order valence-corrected chi connectivity index (χ2v) is 4.17. The van der Waals surface area contributed by atoms with Gasteiger partial charge >= 0.3 is 6.18 Å². The molecule has 4 nitrogen and oxygen atoms in total. The largest absolute Gasteiger partial charge is 0.493 e. The first-order valence-corrected chi connectivity index (χ1v) is 6.03. The molecule has 0 aromatic heterocycles. The number of unbranched alkanes of at least 4 members (excludes halogenated alkanes) is 1. The van der Waals surface area contributed by atoms with Crippen LogP contribution in [0.3, 0.4) is 0 Å². The van der Waals surface area contributed by atoms with E-state index in [1.54, 1.807) is 7.11 Å². The van der Waals surface area contributed by atoms with Gasteiger partial charge in [-0.1, -0.05) is 0 Å². The van der Waals surface area contributed by atoms with E-state index in [0.717, 1.165) is 6.07 Å². The van der Waals surface area contributed by atoms with Gasteiger partial charge in [-0.2, -0.15) is 13.2 Å². The first-order valence-electron chi connectivity index (χ1n) is 6.03. The summed E-state index contributed by atoms with van der Waals surface area (Å²) in [5, 5.41) is 7.18. The van der Waals surface area contributed by atoms with Gasteiger partial charge in [0.25, 0.3) is 0 Å². The molecule has 1 aromatic rings. The van der Waals surface area contributed by atoms with Gasteiger partial charge < -0.3 is 15.2 Å². The van der Waals surface area contributed by atoms with Gasteiger partial charge in [-0.3, -0.25) is 5.41 Å². The van der Waals surface area contributed by atoms with Crippen LogP contribution in [-0.4, -0.2) is 26.2 Å². The van der Waals surface area contributed by atoms with E-state index >= 15 is 0 Å². The van der Waals surface area contributed by atoms with Crippen LogP contribution in [0.5, 0.6) is 5.75 Å². The molecule has 0 aliphatic carbocycles. The minimum Gasteiger partial charge on any atom is -0.493 e. The molecule has 1 aromatic carbocycles. The molecular formula is C13H17F3N2O2. The standard InChI is InChI=1S/C13H17F3N2O2/c1-19-6-2-3-7-20-11-5-4-9(12(17)18)8-10(11)13(14,15)16/h4-5,8H,2-3,6-7H2,1H3,(H3,17,18). The number of nitrogens with two attached hydrogens (primary N) is 1. The summed E-state index contributed by atoms with van der Waals surface area (Å²) in [6, 6.07) is 3.35. The predicted octanol–water partition coefficient (Wildman–Crippen LogP) is 2.79. The Labute approximate surface area is 115 Å². The summed E-state index contributed by atoms with van der Waals surface area (Å²) in [5.74, 6) is -0.665. The monoisotopic (exact) mass is 290 g/mol. The van der Waals surface area contributed by atoms with Crippen molar-refractivity contribution < 1.29 is 22.6 Å². The van der Waals surface area contributed by atoms with Crippen LogP contribution in [0.25, 0.3) is 0 Å². The fourth-order valence-corrected chi connectivity index (χ4v) is 1.58. The van der Waals surface area contributed by atoms with E-state index in [0.29, 0.717) is 19.4 Å². The molecule has 3 N–H and O–H groups in total. The molecular weight excluding hydrogens is 273 g/mol. The smallest absolute Gasteiger partial charge is 0.419 e. The van der Waals surface area contributed by atoms with Crippen molar-refractivity contribution in [3.8, 4) is 5.75 Å². The summed E-state index contributed by atoms with van der Waals surface area (Å²) in [6.45, 7) is 0.713. The lowest BCUT2D eigenvalue weighted by Crippen LogP contribution is -2.15. The van der Waals surface area contributed by atoms with Crippen molar-refractivity contribution in [1.29, 1.82) is 5.41 Å². The van der Waals surface area contributed by atoms with Crippen molar-refractivity contribution in [1.82, 2.24) is 0 Å². The predicted molar refractivity (Wildman–Crippen MR) is 69.1 cm³/mol. The normalized spacial score (nSPS) is 11.4. The van der Waals surface area contributed by atoms with Crippen molar-refractivity contribution in [2.45, 2.75) is 19.0 Å². The van der Waals surface area contributed by atoms with Crippen molar-refractivity contribution in [2.75, 3.05) is 20.3 Å². The Kier molecular flexibility index (Phi) is 5.82. The minimum atomic E-state index is -4.55. The highest BCUT2D eigenvalue weighted by molar-refractivity contribution is 5.95. The highest BCUT2D eigenvalue weighted by atomic mass is 19.4. The zero-order valence-electron chi connectivity index (χ0n) is 11.1. The Bertz CT molecular complexity index is 461. The highest BCUT2D eigenvalue weighted by Gasteiger charge is 2.34. The summed E-state index contributed by atoms with van der Waals surface area (Å²) in [4.78, 5) is 0. The SMILES string of the molecule is COCCCCOc1ccc(C(=N)N)cc1C(F)(F)F. The molecule has 20 heavy (non-hydrogen) atoms. The molecule has 0 saturated carbocycles. The minimum absolute atomic E-state index is 0.0176. The quantitative estimate of drug-likeness (QED) is 0.461. The van der Waals surface area contributed by atoms with Crippen molar-refractivity contribution in [3.05, 3.63) is 29.3 Å². The van der Waals surface area contributed by atoms with Crippen LogP contribution in [0.4, 0.5) is 13.2 Å². The third-order valence-electron chi connectivity index (χ3n) is 2.60. The fraction of sp³-hybridized carbons (Fsp3) is 0.462. The van der Waals surface area contributed by atoms with Crippen LogP contribution in [0.15, 0.2) is 18.2 Å². The lowest BCUT2D eigenvalue weighted by atomic mass is 10.1. The molecule has 0 bridgehead atoms. The Morgan fingerprint density at radius 3 is 2.45 bits per heavy atom. The van der Waals surface area contributed by atoms with Crippen LogP contribution in [0.2, 0.25) is 0 Å². The van der Waals surface area contributed by atoms with E-state index in [4.69, 9.17) is 20.6 Å². The maximum atomic E-state index is 12.9. The summed E-state index contributed by atoms with van der Waals surface area (Å²) >= 11 is 0. The number of halogens is 3. The molecule has 0 fully saturated rings. The maximum Gasteiger partial charge on any atom is 0.419 e. The molecule has 0 spiro atoms. The van der Waals surface area contributed by atoms with E-state index < -0.39 is 17.6 Å². The van der Waals surface area contributed by atoms with E-state index in [2.05, 4.69) is 0 Å². The van der Waals surface area contributed by atoms with Crippen LogP contribution in [-0.2, 0) is 10.9 Å². The summed E-state index contributed by atoms with van der Waals surface area (Å²) < 4.78 is 48.7. The second-order valence-electron chi connectivity index (χ2n) is 4.17. The number of nitrogens with one attached hydrogen (secondary N) is 1. The van der Waals surface area contributed by atoms with Gasteiger partial charge in [0.05, 0.1) is 12.2 Å². The summed E-state index contributed by atoms with van der Waals surface area (Å²) in [7, 11) is 1.56. The number of nitrogen functional groups attached to an aromatic ring is 1. The number of benzene rings is 1. The first-order chi connectivity index (χ1) is 9.36. The van der Waals surface area contributed by atoms with E-state index in [1.807, 2.05) is 0 Å². The molecule has 112 valence electrons. The topological polar surface area (TPSA) is 68.3 Å². The van der Waals surface area contributed by atoms with Gasteiger partial charge in [0.1, 0.15) is 11.6 Å². The molecule has 0 heterocycles. The van der Waals surface area contributed by atoms with Gasteiger partial charge in [-0.25, -0.2) is 0 Å². The Balaban J connectivity index is 2.81. The fourth-order valence-electron chi connectivity index (χ4n) is 1.58. The van der Waals surface area contributed by atoms with Gasteiger partial charge in [0, 0.05) is 19.3 Å². The Morgan fingerprint density at radius 1 is 1.25 bits per heavy atom. The molecule has 1 rings (SSSR count). The zero-order valence-corrected chi connectivity index (χ0v) is 11.1.